The second-order valence-corrected chi connectivity index (χ2v) is 3.93. The van der Waals surface area contributed by atoms with Gasteiger partial charge in [-0.25, -0.2) is 9.74 Å². The molecular weight excluding hydrogens is 210 g/mol. The fraction of sp³-hybridized carbons (Fsp3) is 0.900. The maximum atomic E-state index is 11.7. The van der Waals surface area contributed by atoms with Crippen LogP contribution in [0.2, 0.25) is 0 Å². The highest BCUT2D eigenvalue weighted by Crippen LogP contribution is 2.15. The Morgan fingerprint density at radius 1 is 1.69 bits per heavy atom. The molecule has 1 rings (SSSR count). The lowest BCUT2D eigenvalue weighted by Gasteiger charge is -2.17. The first-order valence-electron chi connectivity index (χ1n) is 5.58. The molecule has 1 heterocycles. The number of hydrogen-bond acceptors (Lipinski definition) is 5. The maximum Gasteiger partial charge on any atom is 0.371 e. The Bertz CT molecular complexity index is 254. The van der Waals surface area contributed by atoms with Crippen LogP contribution < -0.4 is 5.32 Å². The molecule has 16 heavy (non-hydrogen) atoms. The fourth-order valence-corrected chi connectivity index (χ4v) is 1.98. The van der Waals surface area contributed by atoms with Crippen molar-refractivity contribution in [1.29, 1.82) is 0 Å². The van der Waals surface area contributed by atoms with Crippen molar-refractivity contribution in [2.75, 3.05) is 27.2 Å². The average Bonchev–Trinajstić information content (AvgIpc) is 2.77. The Morgan fingerprint density at radius 2 is 2.38 bits per heavy atom. The van der Waals surface area contributed by atoms with Crippen molar-refractivity contribution < 1.29 is 14.6 Å². The van der Waals surface area contributed by atoms with Crippen molar-refractivity contribution in [2.24, 2.45) is 0 Å². The number of ketones is 1. The van der Waals surface area contributed by atoms with Crippen molar-refractivity contribution in [3.63, 3.8) is 0 Å². The molecular formula is C10H20N3O3+. The van der Waals surface area contributed by atoms with E-state index in [1.807, 2.05) is 11.9 Å². The highest BCUT2D eigenvalue weighted by molar-refractivity contribution is 5.82. The van der Waals surface area contributed by atoms with Crippen LogP contribution in [-0.2, 0) is 9.63 Å². The number of nitrogens with one attached hydrogen (secondary N) is 1. The molecule has 2 unspecified atom stereocenters. The van der Waals surface area contributed by atoms with Crippen LogP contribution in [0.4, 0.5) is 0 Å². The predicted molar refractivity (Wildman–Crippen MR) is 58.8 cm³/mol. The van der Waals surface area contributed by atoms with Gasteiger partial charge in [-0.05, 0) is 13.5 Å². The molecule has 1 fully saturated rings. The molecule has 1 aliphatic heterocycles. The van der Waals surface area contributed by atoms with Crippen molar-refractivity contribution in [1.82, 2.24) is 10.2 Å². The van der Waals surface area contributed by atoms with E-state index in [0.29, 0.717) is 23.9 Å². The second kappa shape index (κ2) is 5.91. The van der Waals surface area contributed by atoms with Gasteiger partial charge in [0.25, 0.3) is 0 Å². The van der Waals surface area contributed by atoms with Crippen LogP contribution in [0.5, 0.6) is 0 Å². The van der Waals surface area contributed by atoms with Gasteiger partial charge in [0, 0.05) is 25.6 Å². The summed E-state index contributed by atoms with van der Waals surface area (Å²) < 4.78 is 0. The summed E-state index contributed by atoms with van der Waals surface area (Å²) in [6.45, 7) is 3.20. The Labute approximate surface area is 95.5 Å². The summed E-state index contributed by atoms with van der Waals surface area (Å²) >= 11 is 0. The third kappa shape index (κ3) is 2.76. The van der Waals surface area contributed by atoms with Gasteiger partial charge in [-0.3, -0.25) is 4.79 Å². The van der Waals surface area contributed by atoms with Gasteiger partial charge in [-0.1, -0.05) is 6.92 Å². The summed E-state index contributed by atoms with van der Waals surface area (Å²) in [6, 6.07) is 0.345. The molecule has 0 amide bonds. The van der Waals surface area contributed by atoms with E-state index in [1.54, 1.807) is 6.92 Å². The summed E-state index contributed by atoms with van der Waals surface area (Å²) in [6.07, 6.45) is 0.489. The van der Waals surface area contributed by atoms with Crippen molar-refractivity contribution in [3.05, 3.63) is 4.91 Å². The van der Waals surface area contributed by atoms with Gasteiger partial charge in [0.2, 0.25) is 10.7 Å². The van der Waals surface area contributed by atoms with E-state index in [2.05, 4.69) is 10.2 Å². The van der Waals surface area contributed by atoms with E-state index in [4.69, 9.17) is 0 Å². The van der Waals surface area contributed by atoms with Gasteiger partial charge in [0.1, 0.15) is 0 Å². The lowest BCUT2D eigenvalue weighted by molar-refractivity contribution is -0.822. The molecule has 6 heteroatoms. The Hall–Kier alpha value is -1.01. The first-order valence-corrected chi connectivity index (χ1v) is 5.58. The number of likely N-dealkylation sites (N-methyl/N-ethyl adjacent to an activating group) is 1. The van der Waals surface area contributed by atoms with E-state index in [0.717, 1.165) is 13.0 Å². The summed E-state index contributed by atoms with van der Waals surface area (Å²) in [5.74, 6) is -0.103. The molecule has 6 nitrogen and oxygen atoms in total. The first kappa shape index (κ1) is 13.1. The Morgan fingerprint density at radius 3 is 2.81 bits per heavy atom. The van der Waals surface area contributed by atoms with Crippen molar-refractivity contribution >= 4 is 5.78 Å². The molecule has 0 saturated carbocycles. The van der Waals surface area contributed by atoms with Gasteiger partial charge >= 0.3 is 6.17 Å². The average molecular weight is 230 g/mol. The van der Waals surface area contributed by atoms with E-state index in [1.165, 1.54) is 7.11 Å². The molecule has 0 spiro atoms. The summed E-state index contributed by atoms with van der Waals surface area (Å²) in [7, 11) is 3.17. The van der Waals surface area contributed by atoms with Crippen LogP contribution >= 0.6 is 0 Å². The van der Waals surface area contributed by atoms with E-state index < -0.39 is 6.17 Å². The zero-order valence-corrected chi connectivity index (χ0v) is 10.1. The maximum absolute atomic E-state index is 11.7. The van der Waals surface area contributed by atoms with E-state index >= 15 is 0 Å². The van der Waals surface area contributed by atoms with Gasteiger partial charge < -0.3 is 5.32 Å². The molecule has 0 radical (unpaired) electrons. The number of nitrogens with zero attached hydrogens (tertiary/aromatic N) is 2. The molecule has 1 saturated heterocycles. The highest BCUT2D eigenvalue weighted by atomic mass is 16.8. The number of carbonyl (C=O) groups excluding carboxylic acids is 1. The SMILES string of the molecule is CCC(=O)C(N1CCC(NC)C1)[N+](=O)OC. The van der Waals surface area contributed by atoms with E-state index in [9.17, 15) is 9.70 Å². The number of carbonyl (C=O) groups is 1. The third-order valence-electron chi connectivity index (χ3n) is 2.99. The standard InChI is InChI=1S/C10H20N3O3/c1-4-9(14)10(13(15)16-3)12-6-5-8(7-12)11-2/h8,10-11H,4-7H2,1-3H3/q+1. The van der Waals surface area contributed by atoms with Crippen LogP contribution in [0.1, 0.15) is 19.8 Å². The van der Waals surface area contributed by atoms with E-state index in [-0.39, 0.29) is 5.78 Å². The number of likely N-dealkylation sites (tertiary alicyclic amines) is 1. The minimum atomic E-state index is -0.798. The van der Waals surface area contributed by atoms with Gasteiger partial charge in [-0.15, -0.1) is 0 Å². The largest absolute Gasteiger partial charge is 0.371 e. The lowest BCUT2D eigenvalue weighted by Crippen LogP contribution is -2.47. The molecule has 0 aromatic rings. The Balaban J connectivity index is 2.70. The monoisotopic (exact) mass is 230 g/mol. The van der Waals surface area contributed by atoms with Crippen LogP contribution in [-0.4, -0.2) is 55.1 Å². The minimum Gasteiger partial charge on any atom is -0.316 e. The van der Waals surface area contributed by atoms with Gasteiger partial charge in [0.05, 0.1) is 4.91 Å². The molecule has 1 N–H and O–H groups in total. The number of Topliss-reactive ketones (excluding diaryl/α,β-unsaturated/α-hetero) is 1. The summed E-state index contributed by atoms with van der Waals surface area (Å²) in [4.78, 5) is 30.1. The Kier molecular flexibility index (Phi) is 4.82. The van der Waals surface area contributed by atoms with Crippen molar-refractivity contribution in [2.45, 2.75) is 32.0 Å². The molecule has 0 aliphatic carbocycles. The smallest absolute Gasteiger partial charge is 0.316 e. The predicted octanol–water partition coefficient (Wildman–Crippen LogP) is -0.0744. The fourth-order valence-electron chi connectivity index (χ4n) is 1.98. The molecule has 92 valence electrons. The highest BCUT2D eigenvalue weighted by Gasteiger charge is 2.43. The van der Waals surface area contributed by atoms with Gasteiger partial charge in [0.15, 0.2) is 7.11 Å². The number of hydrogen-bond donors (Lipinski definition) is 1. The topological polar surface area (TPSA) is 61.7 Å². The van der Waals surface area contributed by atoms with Crippen LogP contribution in [0, 0.1) is 4.91 Å². The normalized spacial score (nSPS) is 23.1. The van der Waals surface area contributed by atoms with Gasteiger partial charge in [-0.2, -0.15) is 0 Å². The second-order valence-electron chi connectivity index (χ2n) is 3.93. The number of rotatable bonds is 6. The summed E-state index contributed by atoms with van der Waals surface area (Å²) in [5, 5.41) is 3.15. The third-order valence-corrected chi connectivity index (χ3v) is 2.99. The zero-order chi connectivity index (χ0) is 12.1. The molecule has 2 atom stereocenters. The lowest BCUT2D eigenvalue weighted by atomic mass is 10.2. The van der Waals surface area contributed by atoms with Crippen LogP contribution in [0.25, 0.3) is 0 Å². The van der Waals surface area contributed by atoms with Crippen LogP contribution in [0.15, 0.2) is 0 Å². The molecule has 0 bridgehead atoms. The summed E-state index contributed by atoms with van der Waals surface area (Å²) in [5.41, 5.74) is 0. The van der Waals surface area contributed by atoms with Crippen LogP contribution in [0.3, 0.4) is 0 Å². The zero-order valence-electron chi connectivity index (χ0n) is 10.1. The first-order chi connectivity index (χ1) is 7.63. The van der Waals surface area contributed by atoms with Crippen molar-refractivity contribution in [3.8, 4) is 0 Å². The quantitative estimate of drug-likeness (QED) is 0.647. The minimum absolute atomic E-state index is 0.103. The molecule has 0 aromatic carbocycles. The molecule has 0 aromatic heterocycles. The molecule has 1 aliphatic rings.